The van der Waals surface area contributed by atoms with Crippen LogP contribution in [-0.4, -0.2) is 48.8 Å². The molecule has 2 aromatic heterocycles. The molecule has 1 N–H and O–H groups in total. The minimum absolute atomic E-state index is 0.0337. The predicted octanol–water partition coefficient (Wildman–Crippen LogP) is 13.3. The first kappa shape index (κ1) is 48.5. The molecule has 6 aromatic rings. The van der Waals surface area contributed by atoms with Crippen LogP contribution in [-0.2, 0) is 29.6 Å². The molecule has 0 amide bonds. The van der Waals surface area contributed by atoms with E-state index in [1.54, 1.807) is 97.6 Å². The lowest BCUT2D eigenvalue weighted by Gasteiger charge is -2.39. The molecule has 0 fully saturated rings. The molecule has 0 unspecified atom stereocenters. The summed E-state index contributed by atoms with van der Waals surface area (Å²) in [5, 5.41) is 10.0. The van der Waals surface area contributed by atoms with Gasteiger partial charge < -0.3 is 19.0 Å². The van der Waals surface area contributed by atoms with Crippen LogP contribution in [0.3, 0.4) is 0 Å². The van der Waals surface area contributed by atoms with Crippen LogP contribution in [0.4, 0.5) is 26.3 Å². The highest BCUT2D eigenvalue weighted by molar-refractivity contribution is 6.74. The predicted molar refractivity (Wildman–Crippen MR) is 238 cm³/mol. The van der Waals surface area contributed by atoms with Gasteiger partial charge in [0.05, 0.1) is 23.3 Å². The second-order valence-corrected chi connectivity index (χ2v) is 21.5. The molecule has 0 aliphatic carbocycles. The first-order valence-corrected chi connectivity index (χ1v) is 23.6. The topological polar surface area (TPSA) is 73.7 Å². The summed E-state index contributed by atoms with van der Waals surface area (Å²) < 4.78 is 100. The normalized spacial score (nSPS) is 13.1. The highest BCUT2D eigenvalue weighted by Crippen LogP contribution is 2.41. The molecule has 13 heteroatoms. The maximum absolute atomic E-state index is 14.0. The van der Waals surface area contributed by atoms with Gasteiger partial charge in [0, 0.05) is 24.8 Å². The van der Waals surface area contributed by atoms with Crippen molar-refractivity contribution in [2.45, 2.75) is 89.1 Å². The van der Waals surface area contributed by atoms with Crippen molar-refractivity contribution < 1.29 is 45.3 Å². The van der Waals surface area contributed by atoms with Gasteiger partial charge in [-0.15, -0.1) is 0 Å². The number of halogens is 6. The van der Waals surface area contributed by atoms with E-state index < -0.39 is 37.9 Å². The van der Waals surface area contributed by atoms with E-state index in [0.717, 1.165) is 28.8 Å². The molecular weight excluding hydrogens is 835 g/mol. The lowest BCUT2D eigenvalue weighted by Crippen LogP contribution is -2.45. The zero-order valence-corrected chi connectivity index (χ0v) is 37.1. The number of aliphatic hydroxyl groups excluding tert-OH is 1. The summed E-state index contributed by atoms with van der Waals surface area (Å²) in [5.74, 6) is -0.463. The van der Waals surface area contributed by atoms with E-state index in [1.165, 1.54) is 12.1 Å². The Morgan fingerprint density at radius 2 is 1.00 bits per heavy atom. The Bertz CT molecular complexity index is 2290. The maximum atomic E-state index is 14.0. The number of benzene rings is 4. The van der Waals surface area contributed by atoms with Crippen molar-refractivity contribution in [1.29, 1.82) is 0 Å². The summed E-state index contributed by atoms with van der Waals surface area (Å²) >= 11 is 0. The van der Waals surface area contributed by atoms with Gasteiger partial charge in [-0.05, 0) is 114 Å². The first-order chi connectivity index (χ1) is 29.8. The summed E-state index contributed by atoms with van der Waals surface area (Å²) in [5.41, 5.74) is 2.74. The van der Waals surface area contributed by atoms with Crippen LogP contribution >= 0.6 is 0 Å². The average Bonchev–Trinajstić information content (AvgIpc) is 3.26. The Labute approximate surface area is 367 Å². The molecule has 0 spiro atoms. The van der Waals surface area contributed by atoms with Crippen LogP contribution in [0.1, 0.15) is 55.9 Å². The largest absolute Gasteiger partial charge is 0.490 e. The highest BCUT2D eigenvalue weighted by atomic mass is 28.4. The number of hydrogen-bond donors (Lipinski definition) is 1. The SMILES string of the molecule is CC(C)(C)[Si](C)(C)O[C@H](CCc1cccnc1)COc1ccc(-c2ccccc2)cc1C(F)(F)F.O[C@H](CCc1cccnc1)COc1ccc(-c2ccccc2)cc1C(F)(F)F. The molecular formula is C50H54F6N2O4Si. The van der Waals surface area contributed by atoms with Crippen molar-refractivity contribution in [3.63, 3.8) is 0 Å². The number of aliphatic hydroxyl groups is 1. The third kappa shape index (κ3) is 14.8. The Balaban J connectivity index is 0.000000243. The van der Waals surface area contributed by atoms with Gasteiger partial charge in [-0.2, -0.15) is 26.3 Å². The zero-order valence-electron chi connectivity index (χ0n) is 36.1. The molecule has 0 bridgehead atoms. The van der Waals surface area contributed by atoms with Gasteiger partial charge in [0.2, 0.25) is 0 Å². The fourth-order valence-corrected chi connectivity index (χ4v) is 7.72. The Kier molecular flexibility index (Phi) is 16.7. The number of ether oxygens (including phenoxy) is 2. The molecule has 2 heterocycles. The molecule has 4 aromatic carbocycles. The van der Waals surface area contributed by atoms with Gasteiger partial charge in [-0.3, -0.25) is 9.97 Å². The minimum atomic E-state index is -4.55. The molecule has 334 valence electrons. The van der Waals surface area contributed by atoms with E-state index >= 15 is 0 Å². The Morgan fingerprint density at radius 1 is 0.556 bits per heavy atom. The third-order valence-electron chi connectivity index (χ3n) is 10.9. The van der Waals surface area contributed by atoms with Crippen molar-refractivity contribution in [1.82, 2.24) is 9.97 Å². The van der Waals surface area contributed by atoms with E-state index in [0.29, 0.717) is 42.4 Å². The highest BCUT2D eigenvalue weighted by Gasteiger charge is 2.40. The van der Waals surface area contributed by atoms with Gasteiger partial charge >= 0.3 is 12.4 Å². The number of pyridine rings is 2. The summed E-state index contributed by atoms with van der Waals surface area (Å²) in [6, 6.07) is 33.6. The monoisotopic (exact) mass is 888 g/mol. The van der Waals surface area contributed by atoms with Crippen LogP contribution in [0, 0.1) is 0 Å². The summed E-state index contributed by atoms with van der Waals surface area (Å²) in [4.78, 5) is 8.14. The molecule has 63 heavy (non-hydrogen) atoms. The van der Waals surface area contributed by atoms with E-state index in [4.69, 9.17) is 13.9 Å². The number of aryl methyl sites for hydroxylation is 2. The van der Waals surface area contributed by atoms with Crippen molar-refractivity contribution in [2.75, 3.05) is 13.2 Å². The van der Waals surface area contributed by atoms with Crippen LogP contribution in [0.25, 0.3) is 22.3 Å². The first-order valence-electron chi connectivity index (χ1n) is 20.7. The van der Waals surface area contributed by atoms with E-state index in [2.05, 4.69) is 43.8 Å². The van der Waals surface area contributed by atoms with Crippen molar-refractivity contribution in [3.05, 3.63) is 168 Å². The molecule has 0 saturated heterocycles. The number of alkyl halides is 6. The minimum Gasteiger partial charge on any atom is -0.490 e. The van der Waals surface area contributed by atoms with Crippen molar-refractivity contribution in [3.8, 4) is 33.8 Å². The lowest BCUT2D eigenvalue weighted by atomic mass is 10.0. The van der Waals surface area contributed by atoms with Crippen LogP contribution in [0.5, 0.6) is 11.5 Å². The van der Waals surface area contributed by atoms with E-state index in [-0.39, 0.29) is 35.9 Å². The molecule has 6 nitrogen and oxygen atoms in total. The number of aromatic nitrogens is 2. The van der Waals surface area contributed by atoms with Crippen molar-refractivity contribution in [2.24, 2.45) is 0 Å². The fourth-order valence-electron chi connectivity index (χ4n) is 6.35. The molecule has 0 saturated carbocycles. The average molecular weight is 889 g/mol. The Morgan fingerprint density at radius 3 is 1.41 bits per heavy atom. The second kappa shape index (κ2) is 21.7. The van der Waals surface area contributed by atoms with Crippen molar-refractivity contribution >= 4 is 8.32 Å². The van der Waals surface area contributed by atoms with E-state index in [9.17, 15) is 31.4 Å². The molecule has 0 aliphatic heterocycles. The zero-order chi connectivity index (χ0) is 45.7. The number of rotatable bonds is 16. The Hall–Kier alpha value is -5.50. The molecule has 0 radical (unpaired) electrons. The van der Waals surface area contributed by atoms with Crippen LogP contribution in [0.15, 0.2) is 146 Å². The standard InChI is InChI=1S/C28H34F3NO2Si.C22H20F3NO2/c1-27(2,3)35(4,5)34-24(15-13-21-10-9-17-32-19-21)20-33-26-16-14-23(18-25(26)28(29,30)31)22-11-7-6-8-12-22;23-22(24,25)20-13-18(17-6-2-1-3-7-17)9-11-21(20)28-15-19(27)10-8-16-5-4-12-26-14-16/h6-12,14,16-19,24H,13,15,20H2,1-5H3;1-7,9,11-14,19,27H,8,10,15H2/t24-;19-/m11/s1. The maximum Gasteiger partial charge on any atom is 0.419 e. The molecule has 0 aliphatic rings. The van der Waals surface area contributed by atoms with E-state index in [1.807, 2.05) is 24.3 Å². The van der Waals surface area contributed by atoms with Gasteiger partial charge in [0.15, 0.2) is 8.32 Å². The number of nitrogens with zero attached hydrogens (tertiary/aromatic N) is 2. The lowest BCUT2D eigenvalue weighted by molar-refractivity contribution is -0.140. The smallest absolute Gasteiger partial charge is 0.419 e. The van der Waals surface area contributed by atoms with Gasteiger partial charge in [0.1, 0.15) is 24.7 Å². The number of hydrogen-bond acceptors (Lipinski definition) is 6. The molecule has 2 atom stereocenters. The summed E-state index contributed by atoms with van der Waals surface area (Å²) in [7, 11) is -2.17. The van der Waals surface area contributed by atoms with Crippen LogP contribution < -0.4 is 9.47 Å². The van der Waals surface area contributed by atoms with Crippen LogP contribution in [0.2, 0.25) is 18.1 Å². The second-order valence-electron chi connectivity index (χ2n) is 16.7. The summed E-state index contributed by atoms with van der Waals surface area (Å²) in [6.07, 6.45) is -1.18. The quantitative estimate of drug-likeness (QED) is 0.0771. The molecule has 6 rings (SSSR count). The fraction of sp³-hybridized carbons (Fsp3) is 0.320. The summed E-state index contributed by atoms with van der Waals surface area (Å²) in [6.45, 7) is 10.5. The van der Waals surface area contributed by atoms with Gasteiger partial charge in [-0.25, -0.2) is 0 Å². The van der Waals surface area contributed by atoms with Gasteiger partial charge in [0.25, 0.3) is 0 Å². The van der Waals surface area contributed by atoms with Gasteiger partial charge in [-0.1, -0.05) is 106 Å². The third-order valence-corrected chi connectivity index (χ3v) is 15.4.